The Morgan fingerprint density at radius 1 is 1.90 bits per heavy atom. The Bertz CT molecular complexity index is 152. The van der Waals surface area contributed by atoms with Crippen molar-refractivity contribution < 1.29 is 9.53 Å². The lowest BCUT2D eigenvalue weighted by Gasteiger charge is -2.12. The standard InChI is InChI=1S/C5H8N2O2S/c1-2-9-5(8)7-6-3-4-10-7/h3-4,6H,2H2,1H3. The first-order valence-electron chi connectivity index (χ1n) is 2.89. The molecule has 1 N–H and O–H groups in total. The summed E-state index contributed by atoms with van der Waals surface area (Å²) in [5.41, 5.74) is 2.68. The van der Waals surface area contributed by atoms with Crippen molar-refractivity contribution in [3.05, 3.63) is 11.6 Å². The Morgan fingerprint density at radius 2 is 2.70 bits per heavy atom. The Hall–Kier alpha value is -0.840. The lowest BCUT2D eigenvalue weighted by molar-refractivity contribution is 0.128. The van der Waals surface area contributed by atoms with Crippen LogP contribution in [0, 0.1) is 0 Å². The number of hydrazine groups is 1. The maximum atomic E-state index is 10.8. The van der Waals surface area contributed by atoms with Gasteiger partial charge in [0.05, 0.1) is 6.61 Å². The van der Waals surface area contributed by atoms with Crippen molar-refractivity contribution in [2.24, 2.45) is 0 Å². The van der Waals surface area contributed by atoms with Crippen LogP contribution >= 0.6 is 11.9 Å². The highest BCUT2D eigenvalue weighted by atomic mass is 32.2. The molecule has 0 aromatic heterocycles. The number of carbonyl (C=O) groups excluding carboxylic acids is 1. The molecule has 5 heteroatoms. The summed E-state index contributed by atoms with van der Waals surface area (Å²) in [6.45, 7) is 2.17. The minimum absolute atomic E-state index is 0.363. The molecule has 0 fully saturated rings. The van der Waals surface area contributed by atoms with E-state index in [-0.39, 0.29) is 6.09 Å². The number of nitrogens with zero attached hydrogens (tertiary/aromatic N) is 1. The molecule has 1 heterocycles. The summed E-state index contributed by atoms with van der Waals surface area (Å²) in [6.07, 6.45) is 1.30. The van der Waals surface area contributed by atoms with Gasteiger partial charge in [0.15, 0.2) is 0 Å². The topological polar surface area (TPSA) is 41.6 Å². The molecule has 0 bridgehead atoms. The van der Waals surface area contributed by atoms with Crippen molar-refractivity contribution in [3.8, 4) is 0 Å². The second-order valence-electron chi connectivity index (χ2n) is 1.53. The normalized spacial score (nSPS) is 15.1. The van der Waals surface area contributed by atoms with Crippen LogP contribution in [0.5, 0.6) is 0 Å². The predicted molar refractivity (Wildman–Crippen MR) is 38.7 cm³/mol. The van der Waals surface area contributed by atoms with Crippen LogP contribution in [0.2, 0.25) is 0 Å². The predicted octanol–water partition coefficient (Wildman–Crippen LogP) is 1.08. The lowest BCUT2D eigenvalue weighted by atomic mass is 10.9. The number of hydrogen-bond donors (Lipinski definition) is 1. The van der Waals surface area contributed by atoms with Crippen molar-refractivity contribution in [1.29, 1.82) is 0 Å². The van der Waals surface area contributed by atoms with Crippen molar-refractivity contribution in [3.63, 3.8) is 0 Å². The van der Waals surface area contributed by atoms with Gasteiger partial charge in [0.2, 0.25) is 0 Å². The summed E-state index contributed by atoms with van der Waals surface area (Å²) in [7, 11) is 0. The van der Waals surface area contributed by atoms with E-state index in [0.717, 1.165) is 0 Å². The molecular formula is C5H8N2O2S. The average Bonchev–Trinajstić information content (AvgIpc) is 2.38. The molecule has 0 radical (unpaired) electrons. The Labute approximate surface area is 63.3 Å². The van der Waals surface area contributed by atoms with Crippen molar-refractivity contribution >= 4 is 18.0 Å². The molecule has 1 aliphatic heterocycles. The van der Waals surface area contributed by atoms with E-state index in [1.54, 1.807) is 18.5 Å². The number of ether oxygens (including phenoxy) is 1. The highest BCUT2D eigenvalue weighted by Gasteiger charge is 2.15. The van der Waals surface area contributed by atoms with E-state index >= 15 is 0 Å². The van der Waals surface area contributed by atoms with Crippen LogP contribution in [-0.2, 0) is 4.74 Å². The second-order valence-corrected chi connectivity index (χ2v) is 2.38. The first-order valence-corrected chi connectivity index (χ1v) is 3.73. The van der Waals surface area contributed by atoms with Crippen LogP contribution in [0.25, 0.3) is 0 Å². The first-order chi connectivity index (χ1) is 4.84. The van der Waals surface area contributed by atoms with Gasteiger partial charge in [-0.05, 0) is 6.92 Å². The van der Waals surface area contributed by atoms with Gasteiger partial charge in [0, 0.05) is 23.6 Å². The molecule has 4 nitrogen and oxygen atoms in total. The largest absolute Gasteiger partial charge is 0.448 e. The van der Waals surface area contributed by atoms with Gasteiger partial charge >= 0.3 is 6.09 Å². The molecule has 0 aliphatic carbocycles. The Balaban J connectivity index is 2.28. The third-order valence-electron chi connectivity index (χ3n) is 0.860. The smallest absolute Gasteiger partial charge is 0.439 e. The fourth-order valence-electron chi connectivity index (χ4n) is 0.498. The molecule has 0 atom stereocenters. The zero-order chi connectivity index (χ0) is 7.40. The third-order valence-corrected chi connectivity index (χ3v) is 1.58. The fraction of sp³-hybridized carbons (Fsp3) is 0.400. The highest BCUT2D eigenvalue weighted by Crippen LogP contribution is 2.14. The van der Waals surface area contributed by atoms with E-state index in [1.165, 1.54) is 16.4 Å². The summed E-state index contributed by atoms with van der Waals surface area (Å²) >= 11 is 1.26. The van der Waals surface area contributed by atoms with Crippen molar-refractivity contribution in [2.75, 3.05) is 6.61 Å². The SMILES string of the molecule is CCOC(=O)N1NC=CS1. The van der Waals surface area contributed by atoms with Crippen molar-refractivity contribution in [2.45, 2.75) is 6.92 Å². The molecule has 10 heavy (non-hydrogen) atoms. The minimum Gasteiger partial charge on any atom is -0.448 e. The monoisotopic (exact) mass is 160 g/mol. The Morgan fingerprint density at radius 3 is 3.20 bits per heavy atom. The van der Waals surface area contributed by atoms with Crippen LogP contribution in [0.15, 0.2) is 11.6 Å². The van der Waals surface area contributed by atoms with Crippen LogP contribution in [-0.4, -0.2) is 17.1 Å². The van der Waals surface area contributed by atoms with E-state index in [9.17, 15) is 4.79 Å². The van der Waals surface area contributed by atoms with Crippen LogP contribution in [0.4, 0.5) is 4.79 Å². The van der Waals surface area contributed by atoms with Gasteiger partial charge < -0.3 is 4.74 Å². The van der Waals surface area contributed by atoms with E-state index in [4.69, 9.17) is 0 Å². The summed E-state index contributed by atoms with van der Waals surface area (Å²) in [4.78, 5) is 10.8. The summed E-state index contributed by atoms with van der Waals surface area (Å²) in [5.74, 6) is 0. The number of nitrogens with one attached hydrogen (secondary N) is 1. The van der Waals surface area contributed by atoms with Crippen LogP contribution in [0.3, 0.4) is 0 Å². The minimum atomic E-state index is -0.363. The third kappa shape index (κ3) is 1.57. The van der Waals surface area contributed by atoms with Gasteiger partial charge in [0.1, 0.15) is 0 Å². The molecule has 0 spiro atoms. The summed E-state index contributed by atoms with van der Waals surface area (Å²) in [5, 5.41) is 1.76. The number of amides is 1. The molecule has 1 aliphatic rings. The number of carbonyl (C=O) groups is 1. The maximum absolute atomic E-state index is 10.8. The van der Waals surface area contributed by atoms with Gasteiger partial charge in [-0.15, -0.1) is 0 Å². The molecule has 0 aromatic carbocycles. The molecule has 1 amide bonds. The lowest BCUT2D eigenvalue weighted by Crippen LogP contribution is -2.31. The first kappa shape index (κ1) is 7.27. The second kappa shape index (κ2) is 3.36. The van der Waals surface area contributed by atoms with E-state index in [2.05, 4.69) is 10.2 Å². The highest BCUT2D eigenvalue weighted by molar-refractivity contribution is 8.00. The zero-order valence-electron chi connectivity index (χ0n) is 5.53. The quantitative estimate of drug-likeness (QED) is 0.583. The van der Waals surface area contributed by atoms with E-state index in [1.807, 2.05) is 0 Å². The zero-order valence-corrected chi connectivity index (χ0v) is 6.35. The van der Waals surface area contributed by atoms with Gasteiger partial charge in [0.25, 0.3) is 0 Å². The summed E-state index contributed by atoms with van der Waals surface area (Å²) < 4.78 is 6.00. The number of hydrogen-bond acceptors (Lipinski definition) is 4. The van der Waals surface area contributed by atoms with Crippen molar-refractivity contribution in [1.82, 2.24) is 9.84 Å². The van der Waals surface area contributed by atoms with E-state index in [0.29, 0.717) is 6.61 Å². The molecule has 1 rings (SSSR count). The molecule has 0 saturated carbocycles. The van der Waals surface area contributed by atoms with Gasteiger partial charge in [-0.2, -0.15) is 4.41 Å². The maximum Gasteiger partial charge on any atom is 0.439 e. The molecule has 0 aromatic rings. The molecule has 0 saturated heterocycles. The Kier molecular flexibility index (Phi) is 2.44. The fourth-order valence-corrected chi connectivity index (χ4v) is 1.00. The number of rotatable bonds is 1. The van der Waals surface area contributed by atoms with Crippen LogP contribution in [0.1, 0.15) is 6.92 Å². The molecular weight excluding hydrogens is 152 g/mol. The average molecular weight is 160 g/mol. The van der Waals surface area contributed by atoms with Gasteiger partial charge in [-0.1, -0.05) is 0 Å². The van der Waals surface area contributed by atoms with Crippen LogP contribution < -0.4 is 5.43 Å². The molecule has 0 unspecified atom stereocenters. The summed E-state index contributed by atoms with van der Waals surface area (Å²) in [6, 6.07) is 0. The molecule has 56 valence electrons. The van der Waals surface area contributed by atoms with E-state index < -0.39 is 0 Å². The van der Waals surface area contributed by atoms with Gasteiger partial charge in [-0.25, -0.2) is 4.79 Å². The van der Waals surface area contributed by atoms with Gasteiger partial charge in [-0.3, -0.25) is 5.43 Å².